The highest BCUT2D eigenvalue weighted by Gasteiger charge is 2.66. The Kier molecular flexibility index (Phi) is 4.02. The van der Waals surface area contributed by atoms with Gasteiger partial charge in [0.2, 0.25) is 5.91 Å². The standard InChI is InChI=1S/C16H20ClNO3/c1-9(10-7-5-6-8-11(10)17)18(4)14(19)12-13(15(20)21)16(12,2)3/h5-9,12-13H,1-4H3,(H,20,21). The molecule has 1 saturated carbocycles. The lowest BCUT2D eigenvalue weighted by Gasteiger charge is -2.26. The Labute approximate surface area is 129 Å². The maximum Gasteiger partial charge on any atom is 0.307 e. The second-order valence-corrected chi connectivity index (χ2v) is 6.67. The van der Waals surface area contributed by atoms with Crippen molar-refractivity contribution in [2.75, 3.05) is 7.05 Å². The second kappa shape index (κ2) is 5.34. The molecule has 0 aromatic heterocycles. The van der Waals surface area contributed by atoms with Gasteiger partial charge in [-0.25, -0.2) is 0 Å². The van der Waals surface area contributed by atoms with Crippen LogP contribution in [-0.2, 0) is 9.59 Å². The number of aliphatic carboxylic acids is 1. The van der Waals surface area contributed by atoms with Crippen LogP contribution < -0.4 is 0 Å². The Balaban J connectivity index is 2.18. The molecule has 1 aromatic rings. The molecule has 5 heteroatoms. The van der Waals surface area contributed by atoms with E-state index in [1.54, 1.807) is 18.0 Å². The molecule has 0 spiro atoms. The van der Waals surface area contributed by atoms with Gasteiger partial charge in [0.1, 0.15) is 0 Å². The van der Waals surface area contributed by atoms with Gasteiger partial charge in [0.15, 0.2) is 0 Å². The van der Waals surface area contributed by atoms with Gasteiger partial charge in [0.05, 0.1) is 17.9 Å². The molecule has 2 rings (SSSR count). The molecular weight excluding hydrogens is 290 g/mol. The molecule has 3 unspecified atom stereocenters. The fraction of sp³-hybridized carbons (Fsp3) is 0.500. The van der Waals surface area contributed by atoms with E-state index < -0.39 is 23.2 Å². The summed E-state index contributed by atoms with van der Waals surface area (Å²) in [7, 11) is 1.70. The zero-order chi connectivity index (χ0) is 15.9. The first-order valence-corrected chi connectivity index (χ1v) is 7.31. The van der Waals surface area contributed by atoms with E-state index in [2.05, 4.69) is 0 Å². The van der Waals surface area contributed by atoms with Crippen molar-refractivity contribution >= 4 is 23.5 Å². The third-order valence-corrected chi connectivity index (χ3v) is 4.99. The van der Waals surface area contributed by atoms with E-state index in [1.165, 1.54) is 0 Å². The van der Waals surface area contributed by atoms with E-state index in [1.807, 2.05) is 39.0 Å². The largest absolute Gasteiger partial charge is 0.481 e. The molecule has 0 heterocycles. The summed E-state index contributed by atoms with van der Waals surface area (Å²) in [6.07, 6.45) is 0. The summed E-state index contributed by atoms with van der Waals surface area (Å²) in [5.74, 6) is -2.12. The molecule has 0 bridgehead atoms. The van der Waals surface area contributed by atoms with Crippen LogP contribution in [0, 0.1) is 17.3 Å². The molecule has 3 atom stereocenters. The van der Waals surface area contributed by atoms with Crippen LogP contribution in [0.15, 0.2) is 24.3 Å². The number of nitrogens with zero attached hydrogens (tertiary/aromatic N) is 1. The topological polar surface area (TPSA) is 57.6 Å². The number of hydrogen-bond donors (Lipinski definition) is 1. The monoisotopic (exact) mass is 309 g/mol. The lowest BCUT2D eigenvalue weighted by atomic mass is 10.1. The van der Waals surface area contributed by atoms with Crippen molar-refractivity contribution in [3.63, 3.8) is 0 Å². The van der Waals surface area contributed by atoms with Gasteiger partial charge in [-0.1, -0.05) is 43.6 Å². The summed E-state index contributed by atoms with van der Waals surface area (Å²) < 4.78 is 0. The molecule has 21 heavy (non-hydrogen) atoms. The minimum Gasteiger partial charge on any atom is -0.481 e. The van der Waals surface area contributed by atoms with Gasteiger partial charge >= 0.3 is 5.97 Å². The van der Waals surface area contributed by atoms with E-state index in [9.17, 15) is 14.7 Å². The minimum absolute atomic E-state index is 0.139. The number of carbonyl (C=O) groups excluding carboxylic acids is 1. The minimum atomic E-state index is -0.905. The van der Waals surface area contributed by atoms with E-state index in [0.717, 1.165) is 5.56 Å². The highest BCUT2D eigenvalue weighted by Crippen LogP contribution is 2.59. The Morgan fingerprint density at radius 2 is 1.86 bits per heavy atom. The van der Waals surface area contributed by atoms with Crippen LogP contribution in [-0.4, -0.2) is 28.9 Å². The van der Waals surface area contributed by atoms with Gasteiger partial charge in [-0.15, -0.1) is 0 Å². The SMILES string of the molecule is CC(c1ccccc1Cl)N(C)C(=O)C1C(C(=O)O)C1(C)C. The molecular formula is C16H20ClNO3. The number of carbonyl (C=O) groups is 2. The van der Waals surface area contributed by atoms with Crippen LogP contribution in [0.4, 0.5) is 0 Å². The van der Waals surface area contributed by atoms with Gasteiger partial charge in [-0.2, -0.15) is 0 Å². The van der Waals surface area contributed by atoms with Gasteiger partial charge in [0.25, 0.3) is 0 Å². The Hall–Kier alpha value is -1.55. The zero-order valence-corrected chi connectivity index (χ0v) is 13.4. The van der Waals surface area contributed by atoms with Crippen molar-refractivity contribution < 1.29 is 14.7 Å². The van der Waals surface area contributed by atoms with Crippen molar-refractivity contribution in [2.45, 2.75) is 26.8 Å². The van der Waals surface area contributed by atoms with Crippen molar-refractivity contribution in [1.29, 1.82) is 0 Å². The van der Waals surface area contributed by atoms with Crippen molar-refractivity contribution in [3.8, 4) is 0 Å². The number of halogens is 1. The molecule has 4 nitrogen and oxygen atoms in total. The van der Waals surface area contributed by atoms with Crippen LogP contribution in [0.5, 0.6) is 0 Å². The number of carboxylic acid groups (broad SMARTS) is 1. The molecule has 1 aliphatic rings. The molecule has 1 aliphatic carbocycles. The number of benzene rings is 1. The average molecular weight is 310 g/mol. The highest BCUT2D eigenvalue weighted by atomic mass is 35.5. The lowest BCUT2D eigenvalue weighted by Crippen LogP contribution is -2.32. The summed E-state index contributed by atoms with van der Waals surface area (Å²) in [6.45, 7) is 5.54. The third-order valence-electron chi connectivity index (χ3n) is 4.64. The average Bonchev–Trinajstić information content (AvgIpc) is 3.00. The highest BCUT2D eigenvalue weighted by molar-refractivity contribution is 6.31. The molecule has 1 N–H and O–H groups in total. The van der Waals surface area contributed by atoms with Gasteiger partial charge in [-0.3, -0.25) is 9.59 Å². The first-order valence-electron chi connectivity index (χ1n) is 6.93. The summed E-state index contributed by atoms with van der Waals surface area (Å²) in [4.78, 5) is 25.4. The molecule has 1 fully saturated rings. The smallest absolute Gasteiger partial charge is 0.307 e. The Morgan fingerprint density at radius 1 is 1.29 bits per heavy atom. The maximum atomic E-state index is 12.6. The molecule has 1 aromatic carbocycles. The number of carboxylic acids is 1. The third kappa shape index (κ3) is 2.64. The lowest BCUT2D eigenvalue weighted by molar-refractivity contribution is -0.142. The molecule has 0 radical (unpaired) electrons. The van der Waals surface area contributed by atoms with Crippen LogP contribution in [0.25, 0.3) is 0 Å². The fourth-order valence-corrected chi connectivity index (χ4v) is 3.29. The normalized spacial score (nSPS) is 24.2. The molecule has 0 saturated heterocycles. The quantitative estimate of drug-likeness (QED) is 0.929. The van der Waals surface area contributed by atoms with Crippen LogP contribution in [0.2, 0.25) is 5.02 Å². The van der Waals surface area contributed by atoms with Crippen molar-refractivity contribution in [3.05, 3.63) is 34.9 Å². The summed E-state index contributed by atoms with van der Waals surface area (Å²) in [6, 6.07) is 7.18. The maximum absolute atomic E-state index is 12.6. The number of hydrogen-bond acceptors (Lipinski definition) is 2. The summed E-state index contributed by atoms with van der Waals surface area (Å²) in [5.41, 5.74) is 0.373. The molecule has 114 valence electrons. The number of rotatable bonds is 4. The van der Waals surface area contributed by atoms with E-state index in [-0.39, 0.29) is 11.9 Å². The first kappa shape index (κ1) is 15.8. The van der Waals surface area contributed by atoms with E-state index in [0.29, 0.717) is 5.02 Å². The first-order chi connectivity index (χ1) is 9.69. The predicted molar refractivity (Wildman–Crippen MR) is 81.0 cm³/mol. The van der Waals surface area contributed by atoms with Crippen LogP contribution in [0.3, 0.4) is 0 Å². The Morgan fingerprint density at radius 3 is 2.33 bits per heavy atom. The van der Waals surface area contributed by atoms with Gasteiger partial charge < -0.3 is 10.0 Å². The van der Waals surface area contributed by atoms with E-state index in [4.69, 9.17) is 11.6 Å². The Bertz CT molecular complexity index is 585. The zero-order valence-electron chi connectivity index (χ0n) is 12.6. The van der Waals surface area contributed by atoms with Crippen molar-refractivity contribution in [1.82, 2.24) is 4.90 Å². The second-order valence-electron chi connectivity index (χ2n) is 6.26. The summed E-state index contributed by atoms with van der Waals surface area (Å²) in [5, 5.41) is 9.80. The van der Waals surface area contributed by atoms with Crippen molar-refractivity contribution in [2.24, 2.45) is 17.3 Å². The molecule has 1 amide bonds. The van der Waals surface area contributed by atoms with Gasteiger partial charge in [-0.05, 0) is 24.0 Å². The van der Waals surface area contributed by atoms with Crippen LogP contribution >= 0.6 is 11.6 Å². The number of amides is 1. The fourth-order valence-electron chi connectivity index (χ4n) is 2.99. The van der Waals surface area contributed by atoms with Gasteiger partial charge in [0, 0.05) is 12.1 Å². The van der Waals surface area contributed by atoms with Crippen LogP contribution in [0.1, 0.15) is 32.4 Å². The molecule has 0 aliphatic heterocycles. The predicted octanol–water partition coefficient (Wildman–Crippen LogP) is 3.22. The van der Waals surface area contributed by atoms with E-state index >= 15 is 0 Å². The summed E-state index contributed by atoms with van der Waals surface area (Å²) >= 11 is 6.17.